The lowest BCUT2D eigenvalue weighted by Gasteiger charge is -1.91. The van der Waals surface area contributed by atoms with Crippen molar-refractivity contribution < 1.29 is 9.59 Å². The highest BCUT2D eigenvalue weighted by molar-refractivity contribution is 5.77. The standard InChI is InChI=1S/C9H7N.2CH4N2O/c1-2-6-9-8(4-1)5-3-7-10-9;2*2-1(3)4/h1-7H;2*(H4,2,3,4). The molecule has 0 saturated carbocycles. The zero-order chi connectivity index (χ0) is 14.0. The highest BCUT2D eigenvalue weighted by atomic mass is 16.2. The lowest BCUT2D eigenvalue weighted by Crippen LogP contribution is -2.18. The minimum Gasteiger partial charge on any atom is -0.352 e. The summed E-state index contributed by atoms with van der Waals surface area (Å²) < 4.78 is 0. The van der Waals surface area contributed by atoms with Gasteiger partial charge in [0.2, 0.25) is 0 Å². The summed E-state index contributed by atoms with van der Waals surface area (Å²) in [6, 6.07) is 10.4. The van der Waals surface area contributed by atoms with Gasteiger partial charge in [-0.1, -0.05) is 24.3 Å². The van der Waals surface area contributed by atoms with E-state index in [4.69, 9.17) is 9.59 Å². The molecule has 7 nitrogen and oxygen atoms in total. The van der Waals surface area contributed by atoms with Crippen LogP contribution in [0.4, 0.5) is 9.59 Å². The van der Waals surface area contributed by atoms with Crippen LogP contribution >= 0.6 is 0 Å². The summed E-state index contributed by atoms with van der Waals surface area (Å²) in [7, 11) is 0. The Morgan fingerprint density at radius 1 is 0.833 bits per heavy atom. The maximum atomic E-state index is 9.00. The van der Waals surface area contributed by atoms with Crippen LogP contribution in [0, 0.1) is 0 Å². The van der Waals surface area contributed by atoms with Crippen molar-refractivity contribution in [3.05, 3.63) is 42.6 Å². The van der Waals surface area contributed by atoms with Crippen LogP contribution in [-0.2, 0) is 0 Å². The maximum Gasteiger partial charge on any atom is 0.309 e. The summed E-state index contributed by atoms with van der Waals surface area (Å²) in [6.45, 7) is 0. The second kappa shape index (κ2) is 8.34. The minimum atomic E-state index is -0.833. The van der Waals surface area contributed by atoms with Gasteiger partial charge in [0.05, 0.1) is 5.52 Å². The number of nitrogens with two attached hydrogens (primary N) is 4. The fourth-order valence-electron chi connectivity index (χ4n) is 1.02. The van der Waals surface area contributed by atoms with E-state index in [9.17, 15) is 0 Å². The number of benzene rings is 1. The third kappa shape index (κ3) is 8.48. The smallest absolute Gasteiger partial charge is 0.309 e. The predicted molar refractivity (Wildman–Crippen MR) is 69.3 cm³/mol. The number of urea groups is 2. The number of primary amides is 4. The van der Waals surface area contributed by atoms with Crippen LogP contribution in [0.2, 0.25) is 0 Å². The number of fused-ring (bicyclic) bond motifs is 1. The Hall–Kier alpha value is -2.83. The van der Waals surface area contributed by atoms with Crippen LogP contribution in [0.1, 0.15) is 0 Å². The molecule has 4 amide bonds. The van der Waals surface area contributed by atoms with Crippen molar-refractivity contribution in [2.24, 2.45) is 22.9 Å². The van der Waals surface area contributed by atoms with Gasteiger partial charge in [0, 0.05) is 11.6 Å². The first-order valence-corrected chi connectivity index (χ1v) is 4.83. The van der Waals surface area contributed by atoms with Crippen molar-refractivity contribution in [1.29, 1.82) is 0 Å². The molecule has 18 heavy (non-hydrogen) atoms. The Labute approximate surface area is 104 Å². The number of hydrogen-bond donors (Lipinski definition) is 4. The van der Waals surface area contributed by atoms with Gasteiger partial charge < -0.3 is 22.9 Å². The molecule has 0 radical (unpaired) electrons. The molecule has 8 N–H and O–H groups in total. The van der Waals surface area contributed by atoms with Gasteiger partial charge in [0.15, 0.2) is 0 Å². The Morgan fingerprint density at radius 2 is 1.28 bits per heavy atom. The number of nitrogens with zero attached hydrogens (tertiary/aromatic N) is 1. The third-order valence-corrected chi connectivity index (χ3v) is 1.51. The van der Waals surface area contributed by atoms with Crippen LogP contribution in [0.25, 0.3) is 10.9 Å². The molecule has 0 atom stereocenters. The van der Waals surface area contributed by atoms with E-state index < -0.39 is 12.1 Å². The largest absolute Gasteiger partial charge is 0.352 e. The molecule has 96 valence electrons. The number of rotatable bonds is 0. The second-order valence-corrected chi connectivity index (χ2v) is 3.00. The molecule has 2 aromatic rings. The summed E-state index contributed by atoms with van der Waals surface area (Å²) >= 11 is 0. The molecule has 0 spiro atoms. The molecule has 0 fully saturated rings. The molecule has 0 unspecified atom stereocenters. The van der Waals surface area contributed by atoms with E-state index in [2.05, 4.69) is 40.1 Å². The van der Waals surface area contributed by atoms with Gasteiger partial charge in [-0.25, -0.2) is 9.59 Å². The van der Waals surface area contributed by atoms with Crippen molar-refractivity contribution in [2.45, 2.75) is 0 Å². The summed E-state index contributed by atoms with van der Waals surface area (Å²) in [4.78, 5) is 22.2. The third-order valence-electron chi connectivity index (χ3n) is 1.51. The summed E-state index contributed by atoms with van der Waals surface area (Å²) in [5.74, 6) is 0. The van der Waals surface area contributed by atoms with Crippen molar-refractivity contribution in [3.8, 4) is 0 Å². The van der Waals surface area contributed by atoms with Gasteiger partial charge in [-0.2, -0.15) is 0 Å². The topological polar surface area (TPSA) is 151 Å². The Kier molecular flexibility index (Phi) is 7.03. The number of carbonyl (C=O) groups is 2. The number of aromatic nitrogens is 1. The van der Waals surface area contributed by atoms with Crippen molar-refractivity contribution >= 4 is 23.0 Å². The molecule has 2 rings (SSSR count). The van der Waals surface area contributed by atoms with E-state index in [0.29, 0.717) is 0 Å². The minimum absolute atomic E-state index is 0.833. The molecule has 0 aliphatic heterocycles. The summed E-state index contributed by atoms with van der Waals surface area (Å²) in [5, 5.41) is 1.20. The first-order valence-electron chi connectivity index (χ1n) is 4.83. The Balaban J connectivity index is 0.000000307. The van der Waals surface area contributed by atoms with E-state index in [1.807, 2.05) is 30.5 Å². The van der Waals surface area contributed by atoms with Crippen LogP contribution < -0.4 is 22.9 Å². The fraction of sp³-hybridized carbons (Fsp3) is 0. The van der Waals surface area contributed by atoms with E-state index >= 15 is 0 Å². The summed E-state index contributed by atoms with van der Waals surface area (Å²) in [6.07, 6.45) is 1.81. The molecule has 0 aliphatic rings. The number of para-hydroxylation sites is 1. The molecule has 1 aromatic heterocycles. The number of carbonyl (C=O) groups excluding carboxylic acids is 2. The average Bonchev–Trinajstić information content (AvgIpc) is 2.28. The monoisotopic (exact) mass is 249 g/mol. The quantitative estimate of drug-likeness (QED) is 0.530. The van der Waals surface area contributed by atoms with E-state index in [1.165, 1.54) is 5.39 Å². The molecular formula is C11H15N5O2. The zero-order valence-corrected chi connectivity index (χ0v) is 9.61. The van der Waals surface area contributed by atoms with E-state index in [-0.39, 0.29) is 0 Å². The van der Waals surface area contributed by atoms with Crippen molar-refractivity contribution in [2.75, 3.05) is 0 Å². The van der Waals surface area contributed by atoms with Crippen LogP contribution in [0.15, 0.2) is 42.6 Å². The zero-order valence-electron chi connectivity index (χ0n) is 9.61. The molecule has 0 saturated heterocycles. The molecular weight excluding hydrogens is 234 g/mol. The molecule has 0 aliphatic carbocycles. The number of pyridine rings is 1. The SMILES string of the molecule is NC(N)=O.NC(N)=O.c1ccc2ncccc2c1. The van der Waals surface area contributed by atoms with E-state index in [0.717, 1.165) is 5.52 Å². The van der Waals surface area contributed by atoms with Gasteiger partial charge in [0.25, 0.3) is 0 Å². The van der Waals surface area contributed by atoms with Crippen molar-refractivity contribution in [1.82, 2.24) is 4.98 Å². The van der Waals surface area contributed by atoms with Gasteiger partial charge in [-0.3, -0.25) is 4.98 Å². The van der Waals surface area contributed by atoms with Crippen molar-refractivity contribution in [3.63, 3.8) is 0 Å². The van der Waals surface area contributed by atoms with Gasteiger partial charge in [-0.05, 0) is 12.1 Å². The fourth-order valence-corrected chi connectivity index (χ4v) is 1.02. The number of amides is 4. The number of hydrogen-bond acceptors (Lipinski definition) is 3. The van der Waals surface area contributed by atoms with Gasteiger partial charge in [0.1, 0.15) is 0 Å². The van der Waals surface area contributed by atoms with Crippen LogP contribution in [0.3, 0.4) is 0 Å². The highest BCUT2D eigenvalue weighted by Gasteiger charge is 1.86. The first-order chi connectivity index (χ1) is 8.43. The molecule has 1 aromatic carbocycles. The maximum absolute atomic E-state index is 9.00. The Morgan fingerprint density at radius 3 is 1.78 bits per heavy atom. The normalized spacial score (nSPS) is 8.22. The predicted octanol–water partition coefficient (Wildman–Crippen LogP) is 0.282. The average molecular weight is 249 g/mol. The molecule has 0 bridgehead atoms. The molecule has 1 heterocycles. The lowest BCUT2D eigenvalue weighted by atomic mass is 10.2. The molecule has 7 heteroatoms. The summed E-state index contributed by atoms with van der Waals surface area (Å²) in [5.41, 5.74) is 18.1. The Bertz CT molecular complexity index is 430. The highest BCUT2D eigenvalue weighted by Crippen LogP contribution is 2.07. The van der Waals surface area contributed by atoms with Crippen LogP contribution in [0.5, 0.6) is 0 Å². The van der Waals surface area contributed by atoms with Crippen LogP contribution in [-0.4, -0.2) is 17.0 Å². The lowest BCUT2D eigenvalue weighted by molar-refractivity contribution is 0.255. The first kappa shape index (κ1) is 15.2. The second-order valence-electron chi connectivity index (χ2n) is 3.00. The van der Waals surface area contributed by atoms with Gasteiger partial charge in [-0.15, -0.1) is 0 Å². The van der Waals surface area contributed by atoms with Gasteiger partial charge >= 0.3 is 12.1 Å². The van der Waals surface area contributed by atoms with E-state index in [1.54, 1.807) is 0 Å².